The smallest absolute Gasteiger partial charge is 0.320 e. The molecule has 0 aromatic carbocycles. The van der Waals surface area contributed by atoms with Crippen LogP contribution in [-0.4, -0.2) is 61.6 Å². The van der Waals surface area contributed by atoms with Crippen molar-refractivity contribution in [3.8, 4) is 0 Å². The molecular weight excluding hydrogens is 601 g/mol. The van der Waals surface area contributed by atoms with Crippen LogP contribution in [0.3, 0.4) is 0 Å². The first-order valence-corrected chi connectivity index (χ1v) is 22.8. The van der Waals surface area contributed by atoms with Gasteiger partial charge in [-0.05, 0) is 45.3 Å². The summed E-state index contributed by atoms with van der Waals surface area (Å²) in [6.45, 7) is 15.8. The van der Waals surface area contributed by atoms with Crippen molar-refractivity contribution in [1.29, 1.82) is 0 Å². The van der Waals surface area contributed by atoms with Gasteiger partial charge in [0.1, 0.15) is 0 Å². The molecule has 0 rings (SSSR count). The minimum Gasteiger partial charge on any atom is -0.465 e. The topological polar surface area (TPSA) is 32.8 Å². The fraction of sp³-hybridized carbons (Fsp3) is 0.978. The number of carbonyl (C=O) groups is 1. The molecule has 0 radical (unpaired) electrons. The average Bonchev–Trinajstić information content (AvgIpc) is 3.10. The lowest BCUT2D eigenvalue weighted by Gasteiger charge is -2.27. The van der Waals surface area contributed by atoms with E-state index in [4.69, 9.17) is 4.74 Å². The van der Waals surface area contributed by atoms with E-state index in [0.717, 1.165) is 26.1 Å². The maximum absolute atomic E-state index is 13.0. The molecule has 0 amide bonds. The normalized spacial score (nSPS) is 11.7. The largest absolute Gasteiger partial charge is 0.465 e. The number of esters is 1. The van der Waals surface area contributed by atoms with Gasteiger partial charge in [0.15, 0.2) is 0 Å². The van der Waals surface area contributed by atoms with Crippen LogP contribution >= 0.6 is 0 Å². The summed E-state index contributed by atoms with van der Waals surface area (Å²) in [6.07, 6.45) is 44.4. The van der Waals surface area contributed by atoms with Crippen molar-refractivity contribution in [1.82, 2.24) is 9.80 Å². The SMILES string of the molecule is CCCCCCCCCCCCCCOC(=O)CN(CCCCCCCCC)CCN(CCCCCCCCC)CCCCCCCCC. The third-order valence-corrected chi connectivity index (χ3v) is 10.6. The van der Waals surface area contributed by atoms with Crippen LogP contribution in [0.25, 0.3) is 0 Å². The number of hydrogen-bond acceptors (Lipinski definition) is 4. The number of nitrogens with zero attached hydrogens (tertiary/aromatic N) is 2. The highest BCUT2D eigenvalue weighted by molar-refractivity contribution is 5.71. The fourth-order valence-corrected chi connectivity index (χ4v) is 7.12. The van der Waals surface area contributed by atoms with E-state index in [1.54, 1.807) is 0 Å². The van der Waals surface area contributed by atoms with Gasteiger partial charge in [-0.25, -0.2) is 0 Å². The number of carbonyl (C=O) groups excluding carboxylic acids is 1. The maximum Gasteiger partial charge on any atom is 0.320 e. The van der Waals surface area contributed by atoms with E-state index in [1.165, 1.54) is 219 Å². The summed E-state index contributed by atoms with van der Waals surface area (Å²) in [6, 6.07) is 0. The molecule has 0 N–H and O–H groups in total. The second-order valence-corrected chi connectivity index (χ2v) is 15.6. The predicted molar refractivity (Wildman–Crippen MR) is 219 cm³/mol. The zero-order valence-electron chi connectivity index (χ0n) is 34.5. The van der Waals surface area contributed by atoms with Gasteiger partial charge in [-0.1, -0.05) is 214 Å². The van der Waals surface area contributed by atoms with E-state index < -0.39 is 0 Å². The molecule has 49 heavy (non-hydrogen) atoms. The molecule has 0 bridgehead atoms. The third kappa shape index (κ3) is 38.5. The van der Waals surface area contributed by atoms with E-state index >= 15 is 0 Å². The maximum atomic E-state index is 13.0. The van der Waals surface area contributed by atoms with Gasteiger partial charge in [0.05, 0.1) is 13.2 Å². The molecule has 4 heteroatoms. The fourth-order valence-electron chi connectivity index (χ4n) is 7.12. The Morgan fingerprint density at radius 3 is 0.939 bits per heavy atom. The second-order valence-electron chi connectivity index (χ2n) is 15.6. The zero-order chi connectivity index (χ0) is 35.7. The highest BCUT2D eigenvalue weighted by Crippen LogP contribution is 2.14. The lowest BCUT2D eigenvalue weighted by atomic mass is 10.1. The summed E-state index contributed by atoms with van der Waals surface area (Å²) >= 11 is 0. The summed E-state index contributed by atoms with van der Waals surface area (Å²) in [4.78, 5) is 18.1. The number of unbranched alkanes of at least 4 members (excludes halogenated alkanes) is 29. The standard InChI is InChI=1S/C45H92N2O2/c1-5-9-13-17-21-22-23-24-25-29-33-37-43-49-45(48)44-47(40-36-32-28-20-16-12-8-4)42-41-46(38-34-30-26-18-14-10-6-2)39-35-31-27-19-15-11-7-3/h5-44H2,1-4H3. The number of rotatable bonds is 42. The van der Waals surface area contributed by atoms with Crippen LogP contribution in [0.15, 0.2) is 0 Å². The third-order valence-electron chi connectivity index (χ3n) is 10.6. The molecule has 0 aromatic rings. The molecule has 0 atom stereocenters. The van der Waals surface area contributed by atoms with Gasteiger partial charge in [0, 0.05) is 13.1 Å². The van der Waals surface area contributed by atoms with E-state index in [9.17, 15) is 4.79 Å². The second kappa shape index (κ2) is 41.8. The molecule has 0 unspecified atom stereocenters. The summed E-state index contributed by atoms with van der Waals surface area (Å²) in [5.74, 6) is -0.00303. The molecule has 0 spiro atoms. The molecule has 0 aromatic heterocycles. The minimum atomic E-state index is -0.00303. The summed E-state index contributed by atoms with van der Waals surface area (Å²) in [7, 11) is 0. The van der Waals surface area contributed by atoms with E-state index in [-0.39, 0.29) is 5.97 Å². The molecule has 0 fully saturated rings. The van der Waals surface area contributed by atoms with Crippen LogP contribution in [0, 0.1) is 0 Å². The van der Waals surface area contributed by atoms with Crippen molar-refractivity contribution in [3.05, 3.63) is 0 Å². The van der Waals surface area contributed by atoms with Crippen LogP contribution in [0.5, 0.6) is 0 Å². The summed E-state index contributed by atoms with van der Waals surface area (Å²) in [5, 5.41) is 0. The first kappa shape index (κ1) is 48.4. The Labute approximate surface area is 310 Å². The van der Waals surface area contributed by atoms with Crippen molar-refractivity contribution in [2.75, 3.05) is 45.9 Å². The zero-order valence-corrected chi connectivity index (χ0v) is 34.5. The molecule has 0 aliphatic rings. The number of ether oxygens (including phenoxy) is 1. The van der Waals surface area contributed by atoms with Gasteiger partial charge >= 0.3 is 5.97 Å². The molecule has 0 heterocycles. The van der Waals surface area contributed by atoms with Crippen LogP contribution in [0.1, 0.15) is 240 Å². The van der Waals surface area contributed by atoms with Gasteiger partial charge in [0.2, 0.25) is 0 Å². The predicted octanol–water partition coefficient (Wildman–Crippen LogP) is 14.1. The molecule has 0 aliphatic carbocycles. The first-order valence-electron chi connectivity index (χ1n) is 22.8. The Morgan fingerprint density at radius 2 is 0.592 bits per heavy atom. The van der Waals surface area contributed by atoms with E-state index in [0.29, 0.717) is 13.2 Å². The van der Waals surface area contributed by atoms with Gasteiger partial charge in [-0.15, -0.1) is 0 Å². The summed E-state index contributed by atoms with van der Waals surface area (Å²) < 4.78 is 5.79. The average molecular weight is 693 g/mol. The van der Waals surface area contributed by atoms with Crippen LogP contribution in [0.4, 0.5) is 0 Å². The molecular formula is C45H92N2O2. The molecule has 0 aliphatic heterocycles. The Morgan fingerprint density at radius 1 is 0.327 bits per heavy atom. The van der Waals surface area contributed by atoms with Crippen molar-refractivity contribution < 1.29 is 9.53 Å². The van der Waals surface area contributed by atoms with E-state index in [2.05, 4.69) is 37.5 Å². The molecule has 0 saturated carbocycles. The molecule has 294 valence electrons. The van der Waals surface area contributed by atoms with Crippen LogP contribution < -0.4 is 0 Å². The summed E-state index contributed by atoms with van der Waals surface area (Å²) in [5.41, 5.74) is 0. The highest BCUT2D eigenvalue weighted by Gasteiger charge is 2.14. The Hall–Kier alpha value is -0.610. The molecule has 0 saturated heterocycles. The Balaban J connectivity index is 4.62. The van der Waals surface area contributed by atoms with Crippen molar-refractivity contribution in [2.45, 2.75) is 240 Å². The highest BCUT2D eigenvalue weighted by atomic mass is 16.5. The Bertz CT molecular complexity index is 609. The van der Waals surface area contributed by atoms with Crippen molar-refractivity contribution >= 4 is 5.97 Å². The lowest BCUT2D eigenvalue weighted by molar-refractivity contribution is -0.145. The molecule has 4 nitrogen and oxygen atoms in total. The van der Waals surface area contributed by atoms with E-state index in [1.807, 2.05) is 0 Å². The quantitative estimate of drug-likeness (QED) is 0.0471. The Kier molecular flexibility index (Phi) is 41.3. The van der Waals surface area contributed by atoms with Gasteiger partial charge < -0.3 is 9.64 Å². The van der Waals surface area contributed by atoms with Crippen LogP contribution in [-0.2, 0) is 9.53 Å². The van der Waals surface area contributed by atoms with Gasteiger partial charge in [0.25, 0.3) is 0 Å². The minimum absolute atomic E-state index is 0.00303. The van der Waals surface area contributed by atoms with Gasteiger partial charge in [-0.3, -0.25) is 9.69 Å². The monoisotopic (exact) mass is 693 g/mol. The van der Waals surface area contributed by atoms with Crippen molar-refractivity contribution in [3.63, 3.8) is 0 Å². The lowest BCUT2D eigenvalue weighted by Crippen LogP contribution is -2.39. The van der Waals surface area contributed by atoms with Gasteiger partial charge in [-0.2, -0.15) is 0 Å². The number of hydrogen-bond donors (Lipinski definition) is 0. The van der Waals surface area contributed by atoms with Crippen LogP contribution in [0.2, 0.25) is 0 Å². The van der Waals surface area contributed by atoms with Crippen molar-refractivity contribution in [2.24, 2.45) is 0 Å². The first-order chi connectivity index (χ1) is 24.2.